The largest absolute Gasteiger partial charge is 0.488 e. The van der Waals surface area contributed by atoms with Crippen LogP contribution >= 0.6 is 0 Å². The van der Waals surface area contributed by atoms with E-state index in [0.717, 1.165) is 42.7 Å². The molecule has 1 aromatic rings. The van der Waals surface area contributed by atoms with Crippen LogP contribution in [0, 0.1) is 12.8 Å². The lowest BCUT2D eigenvalue weighted by atomic mass is 9.86. The average molecular weight is 439 g/mol. The van der Waals surface area contributed by atoms with Crippen LogP contribution in [0.2, 0.25) is 0 Å². The van der Waals surface area contributed by atoms with Gasteiger partial charge in [-0.15, -0.1) is 0 Å². The highest BCUT2D eigenvalue weighted by molar-refractivity contribution is 7.89. The molecule has 2 fully saturated rings. The van der Waals surface area contributed by atoms with Crippen molar-refractivity contribution < 1.29 is 17.9 Å². The number of aryl methyl sites for hydroxylation is 1. The molecule has 0 spiro atoms. The summed E-state index contributed by atoms with van der Waals surface area (Å²) >= 11 is 0. The number of nitrogens with zero attached hydrogens (tertiary/aromatic N) is 1. The first-order chi connectivity index (χ1) is 14.4. The zero-order valence-corrected chi connectivity index (χ0v) is 18.8. The monoisotopic (exact) mass is 438 g/mol. The third-order valence-corrected chi connectivity index (χ3v) is 6.90. The third-order valence-electron chi connectivity index (χ3n) is 5.55. The number of ether oxygens (including phenoxy) is 2. The van der Waals surface area contributed by atoms with Crippen LogP contribution in [0.4, 0.5) is 0 Å². The minimum atomic E-state index is -3.28. The van der Waals surface area contributed by atoms with Gasteiger partial charge in [-0.1, -0.05) is 18.6 Å². The highest BCUT2D eigenvalue weighted by Gasteiger charge is 2.20. The van der Waals surface area contributed by atoms with Gasteiger partial charge in [0.2, 0.25) is 10.0 Å². The first kappa shape index (κ1) is 22.8. The molecule has 2 aliphatic rings. The fourth-order valence-electron chi connectivity index (χ4n) is 3.42. The first-order valence-electron chi connectivity index (χ1n) is 10.7. The molecule has 1 heterocycles. The average Bonchev–Trinajstić information content (AvgIpc) is 3.17. The van der Waals surface area contributed by atoms with Crippen LogP contribution < -0.4 is 20.1 Å². The van der Waals surface area contributed by atoms with Gasteiger partial charge in [-0.05, 0) is 37.3 Å². The zero-order chi connectivity index (χ0) is 21.4. The van der Waals surface area contributed by atoms with Crippen LogP contribution in [0.5, 0.6) is 5.75 Å². The maximum absolute atomic E-state index is 12.1. The van der Waals surface area contributed by atoms with Gasteiger partial charge >= 0.3 is 0 Å². The lowest BCUT2D eigenvalue weighted by Crippen LogP contribution is -2.41. The SMILES string of the molecule is CN=C(NCCS(=O)(=O)NCC1CCC1)NCc1ccc(C)cc1OC1CCOC1. The van der Waals surface area contributed by atoms with Crippen LogP contribution in [0.3, 0.4) is 0 Å². The Morgan fingerprint density at radius 3 is 2.77 bits per heavy atom. The van der Waals surface area contributed by atoms with E-state index in [1.807, 2.05) is 25.1 Å². The van der Waals surface area contributed by atoms with Crippen LogP contribution in [-0.2, 0) is 21.3 Å². The van der Waals surface area contributed by atoms with E-state index in [0.29, 0.717) is 31.6 Å². The lowest BCUT2D eigenvalue weighted by molar-refractivity contribution is 0.140. The summed E-state index contributed by atoms with van der Waals surface area (Å²) in [6, 6.07) is 6.12. The van der Waals surface area contributed by atoms with Crippen LogP contribution in [0.1, 0.15) is 36.8 Å². The van der Waals surface area contributed by atoms with E-state index < -0.39 is 10.0 Å². The molecule has 1 saturated carbocycles. The first-order valence-corrected chi connectivity index (χ1v) is 12.4. The Hall–Kier alpha value is -1.84. The molecule has 0 amide bonds. The molecule has 1 aliphatic carbocycles. The van der Waals surface area contributed by atoms with Crippen molar-refractivity contribution in [2.45, 2.75) is 45.3 Å². The highest BCUT2D eigenvalue weighted by Crippen LogP contribution is 2.25. The zero-order valence-electron chi connectivity index (χ0n) is 17.9. The second-order valence-electron chi connectivity index (χ2n) is 8.03. The van der Waals surface area contributed by atoms with Crippen molar-refractivity contribution >= 4 is 16.0 Å². The molecule has 0 bridgehead atoms. The van der Waals surface area contributed by atoms with Crippen molar-refractivity contribution in [1.29, 1.82) is 0 Å². The van der Waals surface area contributed by atoms with E-state index in [9.17, 15) is 8.42 Å². The quantitative estimate of drug-likeness (QED) is 0.379. The van der Waals surface area contributed by atoms with Gasteiger partial charge in [0, 0.05) is 38.7 Å². The minimum Gasteiger partial charge on any atom is -0.488 e. The molecule has 9 heteroatoms. The molecule has 0 radical (unpaired) electrons. The van der Waals surface area contributed by atoms with Crippen molar-refractivity contribution in [3.8, 4) is 5.75 Å². The molecule has 1 unspecified atom stereocenters. The molecule has 30 heavy (non-hydrogen) atoms. The molecule has 0 aromatic heterocycles. The Labute approximate surface area is 179 Å². The number of hydrogen-bond donors (Lipinski definition) is 3. The normalized spacial score (nSPS) is 20.1. The summed E-state index contributed by atoms with van der Waals surface area (Å²) in [6.07, 6.45) is 4.43. The summed E-state index contributed by atoms with van der Waals surface area (Å²) in [5, 5.41) is 6.31. The minimum absolute atomic E-state index is 0.0149. The van der Waals surface area contributed by atoms with E-state index in [2.05, 4.69) is 20.3 Å². The Balaban J connectivity index is 1.45. The van der Waals surface area contributed by atoms with Crippen molar-refractivity contribution in [2.24, 2.45) is 10.9 Å². The molecule has 1 aromatic carbocycles. The van der Waals surface area contributed by atoms with E-state index in [1.165, 1.54) is 6.42 Å². The summed E-state index contributed by atoms with van der Waals surface area (Å²) in [4.78, 5) is 4.19. The Kier molecular flexibility index (Phi) is 8.35. The second kappa shape index (κ2) is 11.0. The van der Waals surface area contributed by atoms with Gasteiger partial charge in [-0.3, -0.25) is 4.99 Å². The number of hydrogen-bond acceptors (Lipinski definition) is 5. The van der Waals surface area contributed by atoms with Gasteiger partial charge in [-0.25, -0.2) is 13.1 Å². The number of sulfonamides is 1. The van der Waals surface area contributed by atoms with Crippen LogP contribution in [0.15, 0.2) is 23.2 Å². The van der Waals surface area contributed by atoms with Crippen LogP contribution in [0.25, 0.3) is 0 Å². The summed E-state index contributed by atoms with van der Waals surface area (Å²) in [5.41, 5.74) is 2.15. The van der Waals surface area contributed by atoms with Gasteiger partial charge in [0.1, 0.15) is 11.9 Å². The Morgan fingerprint density at radius 2 is 2.10 bits per heavy atom. The predicted octanol–water partition coefficient (Wildman–Crippen LogP) is 1.55. The van der Waals surface area contributed by atoms with Crippen LogP contribution in [-0.4, -0.2) is 59.6 Å². The summed E-state index contributed by atoms with van der Waals surface area (Å²) in [7, 11) is -1.61. The van der Waals surface area contributed by atoms with Crippen molar-refractivity contribution in [2.75, 3.05) is 39.1 Å². The number of rotatable bonds is 10. The number of aliphatic imine (C=N–C) groups is 1. The van der Waals surface area contributed by atoms with E-state index >= 15 is 0 Å². The van der Waals surface area contributed by atoms with Gasteiger partial charge < -0.3 is 20.1 Å². The van der Waals surface area contributed by atoms with Gasteiger partial charge in [-0.2, -0.15) is 0 Å². The number of guanidine groups is 1. The number of nitrogens with one attached hydrogen (secondary N) is 3. The molecular weight excluding hydrogens is 404 g/mol. The van der Waals surface area contributed by atoms with E-state index in [4.69, 9.17) is 9.47 Å². The predicted molar refractivity (Wildman–Crippen MR) is 118 cm³/mol. The molecule has 1 atom stereocenters. The highest BCUT2D eigenvalue weighted by atomic mass is 32.2. The smallest absolute Gasteiger partial charge is 0.213 e. The molecule has 1 saturated heterocycles. The van der Waals surface area contributed by atoms with E-state index in [1.54, 1.807) is 7.05 Å². The molecular formula is C21H34N4O4S. The maximum atomic E-state index is 12.1. The van der Waals surface area contributed by atoms with Crippen molar-refractivity contribution in [3.63, 3.8) is 0 Å². The second-order valence-corrected chi connectivity index (χ2v) is 9.96. The standard InChI is InChI=1S/C21H34N4O4S/c1-16-6-7-18(20(12-16)29-19-8-10-28-15-19)14-24-21(22-2)23-9-11-30(26,27)25-13-17-4-3-5-17/h6-7,12,17,19,25H,3-5,8-11,13-15H2,1-2H3,(H2,22,23,24). The molecule has 168 valence electrons. The Bertz CT molecular complexity index is 818. The molecule has 1 aliphatic heterocycles. The number of benzene rings is 1. The van der Waals surface area contributed by atoms with Gasteiger partial charge in [0.05, 0.1) is 19.0 Å². The molecule has 3 N–H and O–H groups in total. The molecule has 3 rings (SSSR count). The molecule has 8 nitrogen and oxygen atoms in total. The summed E-state index contributed by atoms with van der Waals surface area (Å²) in [5.74, 6) is 1.92. The van der Waals surface area contributed by atoms with Gasteiger partial charge in [0.25, 0.3) is 0 Å². The van der Waals surface area contributed by atoms with Gasteiger partial charge in [0.15, 0.2) is 5.96 Å². The summed E-state index contributed by atoms with van der Waals surface area (Å²) < 4.78 is 38.5. The topological polar surface area (TPSA) is 101 Å². The van der Waals surface area contributed by atoms with Crippen molar-refractivity contribution in [3.05, 3.63) is 29.3 Å². The summed E-state index contributed by atoms with van der Waals surface area (Å²) in [6.45, 7) is 4.75. The fourth-order valence-corrected chi connectivity index (χ4v) is 4.42. The Morgan fingerprint density at radius 1 is 1.27 bits per heavy atom. The third kappa shape index (κ3) is 7.14. The van der Waals surface area contributed by atoms with Crippen molar-refractivity contribution in [1.82, 2.24) is 15.4 Å². The maximum Gasteiger partial charge on any atom is 0.213 e. The van der Waals surface area contributed by atoms with E-state index in [-0.39, 0.29) is 18.4 Å². The lowest BCUT2D eigenvalue weighted by Gasteiger charge is -2.25. The fraction of sp³-hybridized carbons (Fsp3) is 0.667.